The Hall–Kier alpha value is 3.60. The fraction of sp³-hybridized carbons (Fsp3) is 1.00. The van der Waals surface area contributed by atoms with Gasteiger partial charge in [0.05, 0.1) is 0 Å². The SMILES string of the molecule is CC(C)N(C(C)C)C(O)O.CC(C)N(C(C)C)C(O)O.CC(C)N(C(C)C)C(O)O.CC(C)N(C(C)C)C(O)O.CC(C)N(C(C)C)C(O)O.CC(C)N(C(C)C)C(O)O.CC(C)N(C(C)C)C(O)O.CC(C)N(C(C)C)C(O)O.CC(C)N(C(C)C)C(O)O.CC(C)N(C(C)C)C(O)O.CC(C)N(C(C)C)C(O)O.CC(C)N(C(C)C)C(O)O.[Ho].[Ho].[Ho].[Ho]. The first kappa shape index (κ1) is 164. The maximum absolute atomic E-state index is 8.83. The maximum atomic E-state index is 8.83. The molecule has 0 aliphatic carbocycles. The van der Waals surface area contributed by atoms with E-state index in [0.29, 0.717) is 0 Å². The van der Waals surface area contributed by atoms with Crippen LogP contribution in [-0.2, 0) is 0 Å². The van der Waals surface area contributed by atoms with Crippen molar-refractivity contribution in [3.05, 3.63) is 0 Å². The van der Waals surface area contributed by atoms with Gasteiger partial charge in [0.2, 0.25) is 77.0 Å². The molecule has 0 bridgehead atoms. The molecule has 0 saturated carbocycles. The molecule has 36 nitrogen and oxygen atoms in total. The van der Waals surface area contributed by atoms with Gasteiger partial charge in [0, 0.05) is 296 Å². The Morgan fingerprint density at radius 1 is 0.0806 bits per heavy atom. The van der Waals surface area contributed by atoms with Crippen molar-refractivity contribution < 1.29 is 274 Å². The molecule has 24 N–H and O–H groups in total. The summed E-state index contributed by atoms with van der Waals surface area (Å²) in [4.78, 5) is 19.3. The Labute approximate surface area is 877 Å². The average Bonchev–Trinajstić information content (AvgIpc) is 1.03. The summed E-state index contributed by atoms with van der Waals surface area (Å²) < 4.78 is 0. The van der Waals surface area contributed by atoms with E-state index in [-0.39, 0.29) is 296 Å². The van der Waals surface area contributed by atoms with E-state index < -0.39 is 77.0 Å². The van der Waals surface area contributed by atoms with E-state index in [0.717, 1.165) is 0 Å². The number of rotatable bonds is 36. The molecule has 0 unspecified atom stereocenters. The number of aliphatic hydroxyl groups excluding tert-OH is 12. The van der Waals surface area contributed by atoms with Crippen LogP contribution in [0.1, 0.15) is 332 Å². The number of hydrogen-bond donors (Lipinski definition) is 24. The predicted molar refractivity (Wildman–Crippen MR) is 484 cm³/mol. The fourth-order valence-corrected chi connectivity index (χ4v) is 13.6. The normalized spacial score (nSPS) is 12.2. The largest absolute Gasteiger partial charge is 0.356 e. The van der Waals surface area contributed by atoms with Crippen molar-refractivity contribution in [2.45, 2.75) is 554 Å². The second-order valence-corrected chi connectivity index (χ2v) is 35.8. The molecule has 124 heavy (non-hydrogen) atoms. The minimum atomic E-state index is -1.33. The van der Waals surface area contributed by atoms with Gasteiger partial charge in [0.1, 0.15) is 0 Å². The van der Waals surface area contributed by atoms with Gasteiger partial charge in [-0.15, -0.1) is 0 Å². The molecule has 40 heteroatoms. The molecule has 0 aromatic heterocycles. The van der Waals surface area contributed by atoms with Gasteiger partial charge in [-0.05, 0) is 332 Å². The Morgan fingerprint density at radius 2 is 0.105 bits per heavy atom. The third-order valence-electron chi connectivity index (χ3n) is 17.5. The molecule has 0 aromatic carbocycles. The Kier molecular flexibility index (Phi) is 121. The fourth-order valence-electron chi connectivity index (χ4n) is 13.6. The van der Waals surface area contributed by atoms with E-state index >= 15 is 0 Å². The van der Waals surface area contributed by atoms with Gasteiger partial charge < -0.3 is 123 Å². The van der Waals surface area contributed by atoms with Crippen LogP contribution in [0.2, 0.25) is 0 Å². The third kappa shape index (κ3) is 89.5. The number of aliphatic hydroxyl groups is 24. The van der Waals surface area contributed by atoms with Crippen LogP contribution in [0.4, 0.5) is 0 Å². The molecular weight excluding hydrogens is 2220 g/mol. The van der Waals surface area contributed by atoms with Crippen molar-refractivity contribution in [1.82, 2.24) is 58.8 Å². The van der Waals surface area contributed by atoms with Crippen LogP contribution in [0, 0.1) is 151 Å². The van der Waals surface area contributed by atoms with Crippen LogP contribution in [0.3, 0.4) is 0 Å². The summed E-state index contributed by atoms with van der Waals surface area (Å²) in [5.74, 6) is 0. The van der Waals surface area contributed by atoms with Crippen molar-refractivity contribution >= 4 is 0 Å². The Balaban J connectivity index is -0.0000000731. The summed E-state index contributed by atoms with van der Waals surface area (Å²) >= 11 is 0. The molecule has 0 amide bonds. The smallest absolute Gasteiger partial charge is 0.214 e. The summed E-state index contributed by atoms with van der Waals surface area (Å²) in [5, 5.41) is 212. The standard InChI is InChI=1S/12C7H17NO2.4Ho/c12*1-5(2)8(6(3)4)7(9)10;;;;/h12*5-7,9-10H,1-4H3;;;;. The van der Waals surface area contributed by atoms with E-state index in [1.54, 1.807) is 58.8 Å². The van der Waals surface area contributed by atoms with Crippen LogP contribution in [0.15, 0.2) is 0 Å². The van der Waals surface area contributed by atoms with Gasteiger partial charge in [-0.1, -0.05) is 0 Å². The first-order valence-electron chi connectivity index (χ1n) is 43.2. The monoisotopic (exact) mass is 2430 g/mol. The van der Waals surface area contributed by atoms with Crippen molar-refractivity contribution in [1.29, 1.82) is 0 Å². The number of nitrogens with zero attached hydrogens (tertiary/aromatic N) is 12. The van der Waals surface area contributed by atoms with Crippen LogP contribution >= 0.6 is 0 Å². The zero-order chi connectivity index (χ0) is 99.7. The minimum absolute atomic E-state index is 0. The molecule has 0 rings (SSSR count). The average molecular weight is 2430 g/mol. The predicted octanol–water partition coefficient (Wildman–Crippen LogP) is 4.48. The van der Waals surface area contributed by atoms with Crippen molar-refractivity contribution in [2.75, 3.05) is 0 Å². The van der Waals surface area contributed by atoms with Gasteiger partial charge in [-0.25, -0.2) is 0 Å². The summed E-state index contributed by atoms with van der Waals surface area (Å²) in [5.41, 5.74) is 0. The van der Waals surface area contributed by atoms with Gasteiger partial charge in [0.15, 0.2) is 0 Å². The van der Waals surface area contributed by atoms with Crippen LogP contribution in [-0.4, -0.2) is 403 Å². The molecular formula is C84H204Ho4N12O24. The second kappa shape index (κ2) is 91.7. The van der Waals surface area contributed by atoms with E-state index in [2.05, 4.69) is 0 Å². The van der Waals surface area contributed by atoms with E-state index in [4.69, 9.17) is 123 Å². The Bertz CT molecular complexity index is 1410. The van der Waals surface area contributed by atoms with E-state index in [1.807, 2.05) is 332 Å². The molecule has 4 radical (unpaired) electrons. The zero-order valence-corrected chi connectivity index (χ0v) is 93.8. The van der Waals surface area contributed by atoms with E-state index in [1.165, 1.54) is 0 Å². The van der Waals surface area contributed by atoms with Gasteiger partial charge in [0.25, 0.3) is 0 Å². The quantitative estimate of drug-likeness (QED) is 0.0304. The molecule has 0 heterocycles. The molecule has 0 aliphatic heterocycles. The molecule has 0 aromatic rings. The number of hydrogen-bond acceptors (Lipinski definition) is 36. The van der Waals surface area contributed by atoms with Crippen molar-refractivity contribution in [2.24, 2.45) is 0 Å². The molecule has 0 fully saturated rings. The minimum Gasteiger partial charge on any atom is -0.356 e. The van der Waals surface area contributed by atoms with Crippen LogP contribution in [0.5, 0.6) is 0 Å². The van der Waals surface area contributed by atoms with Gasteiger partial charge in [-0.3, -0.25) is 58.8 Å². The Morgan fingerprint density at radius 3 is 0.105 bits per heavy atom. The zero-order valence-electron chi connectivity index (χ0n) is 86.1. The summed E-state index contributed by atoms with van der Waals surface area (Å²) in [6.45, 7) is 92.6. The first-order valence-corrected chi connectivity index (χ1v) is 43.2. The van der Waals surface area contributed by atoms with Gasteiger partial charge >= 0.3 is 0 Å². The maximum Gasteiger partial charge on any atom is 0.214 e. The third-order valence-corrected chi connectivity index (χ3v) is 17.5. The van der Waals surface area contributed by atoms with Crippen LogP contribution < -0.4 is 0 Å². The van der Waals surface area contributed by atoms with Crippen LogP contribution in [0.25, 0.3) is 0 Å². The summed E-state index contributed by atoms with van der Waals surface area (Å²) in [6.07, 6.45) is -16.0. The van der Waals surface area contributed by atoms with Crippen molar-refractivity contribution in [3.63, 3.8) is 0 Å². The molecule has 0 spiro atoms. The summed E-state index contributed by atoms with van der Waals surface area (Å²) in [7, 11) is 0. The van der Waals surface area contributed by atoms with Gasteiger partial charge in [-0.2, -0.15) is 0 Å². The molecule has 0 saturated heterocycles. The first-order chi connectivity index (χ1) is 53.6. The topological polar surface area (TPSA) is 524 Å². The summed E-state index contributed by atoms with van der Waals surface area (Å²) in [6, 6.07) is 4.00. The van der Waals surface area contributed by atoms with E-state index in [9.17, 15) is 0 Å². The molecule has 0 aliphatic rings. The molecule has 0 atom stereocenters. The second-order valence-electron chi connectivity index (χ2n) is 35.8. The molecule has 788 valence electrons. The van der Waals surface area contributed by atoms with Crippen molar-refractivity contribution in [3.8, 4) is 0 Å².